The minimum atomic E-state index is -4.18. The van der Waals surface area contributed by atoms with Crippen molar-refractivity contribution in [2.75, 3.05) is 27.4 Å². The number of carbonyl (C=O) groups excluding carboxylic acids is 4. The average molecular weight is 715 g/mol. The van der Waals surface area contributed by atoms with E-state index in [0.29, 0.717) is 17.0 Å². The summed E-state index contributed by atoms with van der Waals surface area (Å²) in [7, 11) is 0. The molecule has 0 saturated heterocycles. The van der Waals surface area contributed by atoms with Gasteiger partial charge in [0.2, 0.25) is 0 Å². The Morgan fingerprint density at radius 2 is 1.25 bits per heavy atom. The van der Waals surface area contributed by atoms with Gasteiger partial charge in [-0.05, 0) is 36.4 Å². The number of hydrogen-bond acceptors (Lipinski definition) is 8. The predicted octanol–water partition coefficient (Wildman–Crippen LogP) is 6.75. The van der Waals surface area contributed by atoms with Crippen LogP contribution < -0.4 is 39.8 Å². The van der Waals surface area contributed by atoms with Crippen molar-refractivity contribution < 1.29 is 64.5 Å². The highest BCUT2D eigenvalue weighted by molar-refractivity contribution is 6.02. The number of fused-ring (bicyclic) bond motifs is 2. The van der Waals surface area contributed by atoms with Gasteiger partial charge >= 0.3 is 36.2 Å². The zero-order valence-corrected chi connectivity index (χ0v) is 25.3. The third-order valence-corrected chi connectivity index (χ3v) is 6.52. The highest BCUT2D eigenvalue weighted by Gasteiger charge is 2.51. The minimum absolute atomic E-state index is 0.206. The lowest BCUT2D eigenvalue weighted by atomic mass is 10.2. The molecule has 262 valence electrons. The van der Waals surface area contributed by atoms with Gasteiger partial charge in [-0.25, -0.2) is 18.4 Å². The quantitative estimate of drug-likeness (QED) is 0.152. The maximum Gasteiger partial charge on any atom is 0.483 e. The molecule has 18 heteroatoms. The number of amides is 4. The first kappa shape index (κ1) is 35.4. The summed E-state index contributed by atoms with van der Waals surface area (Å²) in [6, 6.07) is 19.1. The topological polar surface area (TPSA) is 145 Å². The van der Waals surface area contributed by atoms with E-state index in [1.54, 1.807) is 36.4 Å². The maximum absolute atomic E-state index is 14.2. The number of hydrogen-bond donors (Lipinski definition) is 3. The van der Waals surface area contributed by atoms with Gasteiger partial charge in [0.05, 0.1) is 29.3 Å². The smallest absolute Gasteiger partial charge is 0.423 e. The van der Waals surface area contributed by atoms with Crippen molar-refractivity contribution in [3.63, 3.8) is 0 Å². The molecule has 4 aromatic rings. The van der Waals surface area contributed by atoms with Crippen LogP contribution in [0.1, 0.15) is 0 Å². The molecule has 6 rings (SSSR count). The third kappa shape index (κ3) is 8.22. The fraction of sp³-hybridized carbons (Fsp3) is 0.0909. The molecule has 4 amide bonds. The highest BCUT2D eigenvalue weighted by Crippen LogP contribution is 2.42. The molecule has 12 nitrogen and oxygen atoms in total. The van der Waals surface area contributed by atoms with Crippen molar-refractivity contribution in [1.82, 2.24) is 0 Å². The molecule has 2 aliphatic rings. The van der Waals surface area contributed by atoms with E-state index in [9.17, 15) is 45.5 Å². The van der Waals surface area contributed by atoms with Crippen LogP contribution in [0.5, 0.6) is 23.0 Å². The monoisotopic (exact) mass is 714 g/mol. The number of terminal acetylenes is 1. The number of para-hydroxylation sites is 2. The second kappa shape index (κ2) is 14.3. The van der Waals surface area contributed by atoms with Gasteiger partial charge in [0.15, 0.2) is 23.1 Å². The van der Waals surface area contributed by atoms with E-state index < -0.39 is 71.6 Å². The summed E-state index contributed by atoms with van der Waals surface area (Å²) in [6.07, 6.45) is -5.18. The standard InChI is InChI=1S/C18H11F3N2O4.C15H9F3N2O4/c1-2-8-23-14-10-13(22-17(25)26-11-6-4-3-5-7-11)12(19)9-15(14)27-18(20,21)16(23)24;16-9-6-12-11(19-13(21)15(17,18)24-12)7-10(9)20-14(22)23-8-4-2-1-3-5-8/h1,3-7,9-10H,8H2,(H,22,25);1-7H,(H,19,21)(H,20,22). The lowest BCUT2D eigenvalue weighted by molar-refractivity contribution is -0.192. The highest BCUT2D eigenvalue weighted by atomic mass is 19.3. The zero-order valence-electron chi connectivity index (χ0n) is 25.3. The Hall–Kier alpha value is -6.90. The Morgan fingerprint density at radius 1 is 0.765 bits per heavy atom. The SMILES string of the molecule is C#CCN1C(=O)C(F)(F)Oc2cc(F)c(NC(=O)Oc3ccccc3)cc21.O=C(Nc1cc2c(cc1F)OC(F)(F)C(=O)N2)Oc1ccccc1. The number of nitrogens with one attached hydrogen (secondary N) is 3. The first-order valence-corrected chi connectivity index (χ1v) is 14.1. The normalized spacial score (nSPS) is 14.7. The maximum atomic E-state index is 14.2. The Bertz CT molecular complexity index is 2040. The van der Waals surface area contributed by atoms with Gasteiger partial charge in [0.1, 0.15) is 11.5 Å². The van der Waals surface area contributed by atoms with Crippen molar-refractivity contribution >= 4 is 46.8 Å². The molecular weight excluding hydrogens is 694 g/mol. The molecule has 2 heterocycles. The number of benzene rings is 4. The Kier molecular flexibility index (Phi) is 9.93. The van der Waals surface area contributed by atoms with E-state index >= 15 is 0 Å². The molecule has 0 unspecified atom stereocenters. The molecular formula is C33H20F6N4O8. The van der Waals surface area contributed by atoms with Crippen LogP contribution in [-0.2, 0) is 9.59 Å². The average Bonchev–Trinajstić information content (AvgIpc) is 3.06. The molecule has 0 aliphatic carbocycles. The molecule has 0 spiro atoms. The summed E-state index contributed by atoms with van der Waals surface area (Å²) in [4.78, 5) is 47.2. The van der Waals surface area contributed by atoms with E-state index in [-0.39, 0.29) is 28.6 Å². The Labute approximate surface area is 282 Å². The fourth-order valence-electron chi connectivity index (χ4n) is 4.30. The van der Waals surface area contributed by atoms with Gasteiger partial charge in [-0.2, -0.15) is 17.6 Å². The zero-order chi connectivity index (χ0) is 36.9. The van der Waals surface area contributed by atoms with Crippen LogP contribution in [0.15, 0.2) is 84.9 Å². The number of anilines is 4. The van der Waals surface area contributed by atoms with E-state index in [2.05, 4.69) is 26.0 Å². The van der Waals surface area contributed by atoms with Crippen LogP contribution in [0.25, 0.3) is 0 Å². The van der Waals surface area contributed by atoms with Gasteiger partial charge < -0.3 is 24.3 Å². The van der Waals surface area contributed by atoms with Crippen molar-refractivity contribution in [2.45, 2.75) is 12.2 Å². The van der Waals surface area contributed by atoms with Crippen molar-refractivity contribution in [3.8, 4) is 35.3 Å². The van der Waals surface area contributed by atoms with Crippen LogP contribution >= 0.6 is 0 Å². The molecule has 0 fully saturated rings. The first-order chi connectivity index (χ1) is 24.2. The van der Waals surface area contributed by atoms with Gasteiger partial charge in [0.25, 0.3) is 0 Å². The third-order valence-electron chi connectivity index (χ3n) is 6.52. The van der Waals surface area contributed by atoms with E-state index in [1.165, 1.54) is 24.3 Å². The molecule has 0 radical (unpaired) electrons. The summed E-state index contributed by atoms with van der Waals surface area (Å²) in [6.45, 7) is -0.496. The number of carbonyl (C=O) groups is 4. The van der Waals surface area contributed by atoms with Gasteiger partial charge in [-0.1, -0.05) is 42.3 Å². The minimum Gasteiger partial charge on any atom is -0.423 e. The van der Waals surface area contributed by atoms with Gasteiger partial charge in [0, 0.05) is 12.1 Å². The number of nitrogens with zero attached hydrogens (tertiary/aromatic N) is 1. The van der Waals surface area contributed by atoms with Crippen LogP contribution in [-0.4, -0.2) is 42.8 Å². The van der Waals surface area contributed by atoms with Crippen molar-refractivity contribution in [1.29, 1.82) is 0 Å². The van der Waals surface area contributed by atoms with Crippen LogP contribution in [0.2, 0.25) is 0 Å². The predicted molar refractivity (Wildman–Crippen MR) is 166 cm³/mol. The second-order valence-electron chi connectivity index (χ2n) is 10.1. The van der Waals surface area contributed by atoms with Crippen LogP contribution in [0, 0.1) is 24.0 Å². The first-order valence-electron chi connectivity index (χ1n) is 14.1. The summed E-state index contributed by atoms with van der Waals surface area (Å²) in [5, 5.41) is 6.12. The summed E-state index contributed by atoms with van der Waals surface area (Å²) in [5.41, 5.74) is -1.19. The molecule has 51 heavy (non-hydrogen) atoms. The number of rotatable bonds is 5. The molecule has 0 bridgehead atoms. The lowest BCUT2D eigenvalue weighted by Gasteiger charge is -2.32. The van der Waals surface area contributed by atoms with E-state index in [1.807, 2.05) is 5.32 Å². The van der Waals surface area contributed by atoms with Gasteiger partial charge in [-0.15, -0.1) is 6.42 Å². The second-order valence-corrected chi connectivity index (χ2v) is 10.1. The Morgan fingerprint density at radius 3 is 1.78 bits per heavy atom. The van der Waals surface area contributed by atoms with Crippen LogP contribution in [0.3, 0.4) is 0 Å². The molecule has 0 atom stereocenters. The summed E-state index contributed by atoms with van der Waals surface area (Å²) < 4.78 is 99.9. The lowest BCUT2D eigenvalue weighted by Crippen LogP contribution is -2.51. The Balaban J connectivity index is 0.000000199. The van der Waals surface area contributed by atoms with E-state index in [0.717, 1.165) is 12.1 Å². The largest absolute Gasteiger partial charge is 0.483 e. The van der Waals surface area contributed by atoms with E-state index in [4.69, 9.17) is 15.9 Å². The molecule has 0 saturated carbocycles. The number of ether oxygens (including phenoxy) is 4. The summed E-state index contributed by atoms with van der Waals surface area (Å²) in [5.74, 6) is -4.14. The van der Waals surface area contributed by atoms with Crippen LogP contribution in [0.4, 0.5) is 58.7 Å². The number of halogens is 6. The van der Waals surface area contributed by atoms with Crippen molar-refractivity contribution in [3.05, 3.63) is 96.6 Å². The molecule has 2 aliphatic heterocycles. The summed E-state index contributed by atoms with van der Waals surface area (Å²) >= 11 is 0. The van der Waals surface area contributed by atoms with Crippen molar-refractivity contribution in [2.24, 2.45) is 0 Å². The molecule has 0 aromatic heterocycles. The fourth-order valence-corrected chi connectivity index (χ4v) is 4.30. The van der Waals surface area contributed by atoms with Gasteiger partial charge in [-0.3, -0.25) is 25.1 Å². The molecule has 4 aromatic carbocycles. The molecule has 3 N–H and O–H groups in total. The number of alkyl halides is 4.